The predicted octanol–water partition coefficient (Wildman–Crippen LogP) is 3.97. The van der Waals surface area contributed by atoms with Crippen LogP contribution in [0.4, 0.5) is 4.39 Å². The first kappa shape index (κ1) is 16.4. The fourth-order valence-corrected chi connectivity index (χ4v) is 3.60. The summed E-state index contributed by atoms with van der Waals surface area (Å²) in [7, 11) is 0. The van der Waals surface area contributed by atoms with Gasteiger partial charge < -0.3 is 5.73 Å². The van der Waals surface area contributed by atoms with Crippen LogP contribution in [-0.4, -0.2) is 24.0 Å². The molecule has 1 aliphatic rings. The van der Waals surface area contributed by atoms with Gasteiger partial charge >= 0.3 is 0 Å². The summed E-state index contributed by atoms with van der Waals surface area (Å²) >= 11 is 0. The lowest BCUT2D eigenvalue weighted by molar-refractivity contribution is 0.178. The Bertz CT molecular complexity index is 427. The molecular weight excluding hydrogens is 263 g/mol. The maximum atomic E-state index is 13.2. The van der Waals surface area contributed by atoms with E-state index >= 15 is 0 Å². The molecule has 21 heavy (non-hydrogen) atoms. The van der Waals surface area contributed by atoms with Crippen molar-refractivity contribution in [1.82, 2.24) is 4.90 Å². The molecule has 0 aromatic heterocycles. The van der Waals surface area contributed by atoms with Gasteiger partial charge in [-0.05, 0) is 68.8 Å². The summed E-state index contributed by atoms with van der Waals surface area (Å²) in [6.45, 7) is 8.88. The zero-order chi connectivity index (χ0) is 15.4. The van der Waals surface area contributed by atoms with Crippen LogP contribution in [-0.2, 0) is 0 Å². The third kappa shape index (κ3) is 4.27. The molecule has 1 saturated heterocycles. The van der Waals surface area contributed by atoms with Crippen molar-refractivity contribution in [3.05, 3.63) is 35.6 Å². The van der Waals surface area contributed by atoms with Gasteiger partial charge in [0.05, 0.1) is 0 Å². The van der Waals surface area contributed by atoms with Gasteiger partial charge in [-0.1, -0.05) is 26.0 Å². The topological polar surface area (TPSA) is 29.3 Å². The average molecular weight is 292 g/mol. The monoisotopic (exact) mass is 292 g/mol. The van der Waals surface area contributed by atoms with Gasteiger partial charge in [-0.25, -0.2) is 4.39 Å². The Morgan fingerprint density at radius 2 is 1.76 bits per heavy atom. The summed E-state index contributed by atoms with van der Waals surface area (Å²) in [4.78, 5) is 2.50. The minimum Gasteiger partial charge on any atom is -0.326 e. The maximum absolute atomic E-state index is 13.2. The molecule has 3 unspecified atom stereocenters. The van der Waals surface area contributed by atoms with Crippen LogP contribution in [0.3, 0.4) is 0 Å². The normalized spacial score (nSPS) is 23.8. The Balaban J connectivity index is 2.13. The molecule has 3 heteroatoms. The average Bonchev–Trinajstić information content (AvgIpc) is 2.67. The van der Waals surface area contributed by atoms with Gasteiger partial charge in [0.2, 0.25) is 0 Å². The zero-order valence-corrected chi connectivity index (χ0v) is 13.6. The lowest BCUT2D eigenvalue weighted by Gasteiger charge is -2.34. The van der Waals surface area contributed by atoms with Gasteiger partial charge in [-0.15, -0.1) is 0 Å². The number of rotatable bonds is 4. The summed E-state index contributed by atoms with van der Waals surface area (Å²) in [5, 5.41) is 0. The zero-order valence-electron chi connectivity index (χ0n) is 13.6. The van der Waals surface area contributed by atoms with Crippen molar-refractivity contribution in [2.24, 2.45) is 17.6 Å². The quantitative estimate of drug-likeness (QED) is 0.909. The minimum absolute atomic E-state index is 0.0473. The fourth-order valence-electron chi connectivity index (χ4n) is 3.60. The molecule has 0 spiro atoms. The molecule has 0 saturated carbocycles. The van der Waals surface area contributed by atoms with Crippen molar-refractivity contribution in [2.75, 3.05) is 13.1 Å². The van der Waals surface area contributed by atoms with E-state index in [9.17, 15) is 4.39 Å². The van der Waals surface area contributed by atoms with Gasteiger partial charge in [-0.2, -0.15) is 0 Å². The fraction of sp³-hybridized carbons (Fsp3) is 0.667. The molecule has 3 atom stereocenters. The number of hydrogen-bond donors (Lipinski definition) is 1. The van der Waals surface area contributed by atoms with E-state index in [0.717, 1.165) is 30.5 Å². The first-order valence-corrected chi connectivity index (χ1v) is 8.24. The van der Waals surface area contributed by atoms with E-state index in [-0.39, 0.29) is 17.9 Å². The summed E-state index contributed by atoms with van der Waals surface area (Å²) in [6.07, 6.45) is 3.78. The third-order valence-corrected chi connectivity index (χ3v) is 4.85. The lowest BCUT2D eigenvalue weighted by Crippen LogP contribution is -2.40. The first-order chi connectivity index (χ1) is 9.99. The Morgan fingerprint density at radius 3 is 2.33 bits per heavy atom. The van der Waals surface area contributed by atoms with Gasteiger partial charge in [-0.3, -0.25) is 4.90 Å². The van der Waals surface area contributed by atoms with E-state index in [2.05, 4.69) is 25.7 Å². The molecule has 0 amide bonds. The molecule has 2 rings (SSSR count). The highest BCUT2D eigenvalue weighted by atomic mass is 19.1. The van der Waals surface area contributed by atoms with Gasteiger partial charge in [0.15, 0.2) is 0 Å². The van der Waals surface area contributed by atoms with Crippen LogP contribution in [0.15, 0.2) is 24.3 Å². The molecule has 1 aromatic rings. The van der Waals surface area contributed by atoms with Crippen LogP contribution in [0.25, 0.3) is 0 Å². The van der Waals surface area contributed by atoms with E-state index in [1.54, 1.807) is 12.1 Å². The largest absolute Gasteiger partial charge is 0.326 e. The summed E-state index contributed by atoms with van der Waals surface area (Å²) in [5.41, 5.74) is 7.38. The molecule has 0 aliphatic carbocycles. The van der Waals surface area contributed by atoms with Crippen LogP contribution in [0.1, 0.15) is 51.6 Å². The van der Waals surface area contributed by atoms with Gasteiger partial charge in [0.1, 0.15) is 5.82 Å². The smallest absolute Gasteiger partial charge is 0.123 e. The number of halogens is 1. The van der Waals surface area contributed by atoms with E-state index in [4.69, 9.17) is 5.73 Å². The standard InChI is InChI=1S/C18H29FN2/c1-13(2)15-5-4-11-21(12-10-15)18(14(3)20)16-6-8-17(19)9-7-16/h6-9,13-15,18H,4-5,10-12,20H2,1-3H3. The Hall–Kier alpha value is -0.930. The Kier molecular flexibility index (Phi) is 5.77. The molecule has 1 aliphatic heterocycles. The van der Waals surface area contributed by atoms with E-state index in [1.165, 1.54) is 19.3 Å². The number of hydrogen-bond acceptors (Lipinski definition) is 2. The highest BCUT2D eigenvalue weighted by molar-refractivity contribution is 5.21. The molecule has 2 N–H and O–H groups in total. The maximum Gasteiger partial charge on any atom is 0.123 e. The SMILES string of the molecule is CC(C)C1CCCN(C(c2ccc(F)cc2)C(C)N)CC1. The van der Waals surface area contributed by atoms with E-state index < -0.39 is 0 Å². The lowest BCUT2D eigenvalue weighted by atomic mass is 9.89. The van der Waals surface area contributed by atoms with Crippen molar-refractivity contribution in [2.45, 2.75) is 52.1 Å². The van der Waals surface area contributed by atoms with Crippen LogP contribution in [0, 0.1) is 17.7 Å². The van der Waals surface area contributed by atoms with Crippen molar-refractivity contribution >= 4 is 0 Å². The second-order valence-electron chi connectivity index (χ2n) is 6.83. The number of nitrogens with two attached hydrogens (primary N) is 1. The molecular formula is C18H29FN2. The van der Waals surface area contributed by atoms with Gasteiger partial charge in [0, 0.05) is 12.1 Å². The van der Waals surface area contributed by atoms with E-state index in [0.29, 0.717) is 0 Å². The molecule has 1 heterocycles. The third-order valence-electron chi connectivity index (χ3n) is 4.85. The van der Waals surface area contributed by atoms with Crippen molar-refractivity contribution in [3.8, 4) is 0 Å². The minimum atomic E-state index is -0.182. The first-order valence-electron chi connectivity index (χ1n) is 8.24. The number of benzene rings is 1. The van der Waals surface area contributed by atoms with Crippen molar-refractivity contribution in [1.29, 1.82) is 0 Å². The van der Waals surface area contributed by atoms with Crippen molar-refractivity contribution < 1.29 is 4.39 Å². The van der Waals surface area contributed by atoms with E-state index in [1.807, 2.05) is 12.1 Å². The van der Waals surface area contributed by atoms with Crippen LogP contribution >= 0.6 is 0 Å². The predicted molar refractivity (Wildman–Crippen MR) is 86.5 cm³/mol. The summed E-state index contributed by atoms with van der Waals surface area (Å²) < 4.78 is 13.2. The van der Waals surface area contributed by atoms with Gasteiger partial charge in [0.25, 0.3) is 0 Å². The molecule has 0 radical (unpaired) electrons. The van der Waals surface area contributed by atoms with Crippen LogP contribution < -0.4 is 5.73 Å². The highest BCUT2D eigenvalue weighted by Gasteiger charge is 2.27. The van der Waals surface area contributed by atoms with Crippen molar-refractivity contribution in [3.63, 3.8) is 0 Å². The van der Waals surface area contributed by atoms with Crippen LogP contribution in [0.2, 0.25) is 0 Å². The highest BCUT2D eigenvalue weighted by Crippen LogP contribution is 2.30. The number of nitrogens with zero attached hydrogens (tertiary/aromatic N) is 1. The number of likely N-dealkylation sites (tertiary alicyclic amines) is 1. The molecule has 0 bridgehead atoms. The Morgan fingerprint density at radius 1 is 1.10 bits per heavy atom. The second kappa shape index (κ2) is 7.37. The molecule has 2 nitrogen and oxygen atoms in total. The molecule has 1 fully saturated rings. The van der Waals surface area contributed by atoms with Crippen LogP contribution in [0.5, 0.6) is 0 Å². The summed E-state index contributed by atoms with van der Waals surface area (Å²) in [6, 6.07) is 7.09. The summed E-state index contributed by atoms with van der Waals surface area (Å²) in [5.74, 6) is 1.39. The second-order valence-corrected chi connectivity index (χ2v) is 6.83. The molecule has 118 valence electrons. The Labute approximate surface area is 128 Å². The molecule has 1 aromatic carbocycles.